The van der Waals surface area contributed by atoms with Crippen LogP contribution in [0.15, 0.2) is 0 Å². The van der Waals surface area contributed by atoms with Crippen LogP contribution in [0.3, 0.4) is 0 Å². The van der Waals surface area contributed by atoms with Crippen molar-refractivity contribution in [1.29, 1.82) is 0 Å². The Morgan fingerprint density at radius 3 is 0.371 bits per heavy atom. The summed E-state index contributed by atoms with van der Waals surface area (Å²) in [5.41, 5.74) is 0. The Bertz CT molecular complexity index is 315. The summed E-state index contributed by atoms with van der Waals surface area (Å²) in [6.45, 7) is 0. The van der Waals surface area contributed by atoms with Gasteiger partial charge in [-0.15, -0.1) is 0 Å². The Hall–Kier alpha value is 0.691. The van der Waals surface area contributed by atoms with Crippen molar-refractivity contribution in [2.45, 2.75) is 0 Å². The minimum atomic E-state index is -5.11. The molecule has 0 spiro atoms. The molecule has 0 fully saturated rings. The number of halogens is 6. The number of hydrogen-bond donors (Lipinski definition) is 18. The van der Waals surface area contributed by atoms with Gasteiger partial charge in [-0.05, 0) is 6.16 Å². The van der Waals surface area contributed by atoms with Crippen molar-refractivity contribution in [3.8, 4) is 0 Å². The fourth-order valence-corrected chi connectivity index (χ4v) is 0. The standard InChI is InChI=1S/CH2O3.Ca.6FH3O3Si/c2-1(3)4;;6*1-5(2,3)4/h(H2,2,3,4);;6*2-4H/q;+2;;;;;;/p-2. The monoisotopic (exact) mass is 688 g/mol. The molecule has 0 aromatic rings. The maximum Gasteiger partial charge on any atom is 2.00 e. The van der Waals surface area contributed by atoms with E-state index >= 15 is 0 Å². The fourth-order valence-electron chi connectivity index (χ4n) is 0. The molecule has 18 N–H and O–H groups in total. The van der Waals surface area contributed by atoms with Crippen molar-refractivity contribution < 1.29 is 126 Å². The second-order valence-electron chi connectivity index (χ2n) is 3.57. The third-order valence-electron chi connectivity index (χ3n) is 0. The van der Waals surface area contributed by atoms with E-state index in [9.17, 15) is 24.6 Å². The van der Waals surface area contributed by atoms with Crippen molar-refractivity contribution in [3.63, 3.8) is 0 Å². The summed E-state index contributed by atoms with van der Waals surface area (Å²) in [5.74, 6) is 0. The number of carboxylic acid groups (broad SMARTS) is 2. The number of rotatable bonds is 0. The molecule has 0 bridgehead atoms. The molecule has 0 saturated carbocycles. The van der Waals surface area contributed by atoms with Gasteiger partial charge in [0.25, 0.3) is 0 Å². The fraction of sp³-hybridized carbons (Fsp3) is 0. The molecule has 0 aliphatic carbocycles. The van der Waals surface area contributed by atoms with Crippen LogP contribution in [0.25, 0.3) is 0 Å². The second-order valence-corrected chi connectivity index (χ2v) is 10.2. The Balaban J connectivity index is -0.0000000404. The normalized spacial score (nSPS) is 11.0. The van der Waals surface area contributed by atoms with Gasteiger partial charge in [0.05, 0.1) is 0 Å². The van der Waals surface area contributed by atoms with E-state index in [1.807, 2.05) is 0 Å². The molecule has 0 rings (SSSR count). The smallest absolute Gasteiger partial charge is 0.652 e. The molecule has 0 radical (unpaired) electrons. The molecular formula is CH18CaF6O21Si6. The average molecular weight is 689 g/mol. The maximum absolute atomic E-state index is 10.5. The van der Waals surface area contributed by atoms with Crippen LogP contribution >= 0.6 is 0 Å². The van der Waals surface area contributed by atoms with Crippen LogP contribution in [-0.4, -0.2) is 185 Å². The van der Waals surface area contributed by atoms with Crippen LogP contribution in [0.5, 0.6) is 0 Å². The van der Waals surface area contributed by atoms with Gasteiger partial charge in [-0.1, -0.05) is 0 Å². The summed E-state index contributed by atoms with van der Waals surface area (Å²) < 4.78 is 63.0. The van der Waals surface area contributed by atoms with E-state index in [0.717, 1.165) is 0 Å². The van der Waals surface area contributed by atoms with E-state index in [2.05, 4.69) is 0 Å². The van der Waals surface area contributed by atoms with Crippen molar-refractivity contribution in [2.24, 2.45) is 0 Å². The summed E-state index contributed by atoms with van der Waals surface area (Å²) in [4.78, 5) is 136. The van der Waals surface area contributed by atoms with Crippen LogP contribution in [-0.2, 0) is 0 Å². The summed E-state index contributed by atoms with van der Waals surface area (Å²) in [6.07, 6.45) is -2.33. The van der Waals surface area contributed by atoms with Gasteiger partial charge in [0.1, 0.15) is 0 Å². The third-order valence-corrected chi connectivity index (χ3v) is 0. The van der Waals surface area contributed by atoms with E-state index in [4.69, 9.17) is 101 Å². The van der Waals surface area contributed by atoms with Crippen molar-refractivity contribution in [1.82, 2.24) is 0 Å². The molecule has 0 saturated heterocycles. The van der Waals surface area contributed by atoms with Crippen molar-refractivity contribution in [3.05, 3.63) is 0 Å². The van der Waals surface area contributed by atoms with Gasteiger partial charge in [0.2, 0.25) is 0 Å². The molecule has 0 aromatic heterocycles. The molecule has 0 atom stereocenters. The molecular weight excluding hydrogens is 671 g/mol. The van der Waals surface area contributed by atoms with Gasteiger partial charge >= 0.3 is 92.6 Å². The molecule has 0 amide bonds. The zero-order valence-electron chi connectivity index (χ0n) is 15.7. The number of hydrogen-bond acceptors (Lipinski definition) is 21. The minimum Gasteiger partial charge on any atom is -0.652 e. The van der Waals surface area contributed by atoms with Crippen molar-refractivity contribution in [2.75, 3.05) is 0 Å². The average Bonchev–Trinajstić information content (AvgIpc) is 2.08. The first-order valence-electron chi connectivity index (χ1n) is 5.77. The SMILES string of the molecule is O=C([O-])[O-].O[Si](O)(O)F.O[Si](O)(O)F.O[Si](O)(O)F.O[Si](O)(O)F.O[Si](O)(O)F.O[Si](O)(O)F.[Ca+2]. The first kappa shape index (κ1) is 56.0. The summed E-state index contributed by atoms with van der Waals surface area (Å²) in [5, 5.41) is 16.7. The van der Waals surface area contributed by atoms with E-state index in [-0.39, 0.29) is 37.7 Å². The Morgan fingerprint density at radius 2 is 0.371 bits per heavy atom. The molecule has 0 aliphatic heterocycles. The maximum atomic E-state index is 10.5. The van der Waals surface area contributed by atoms with E-state index in [0.29, 0.717) is 0 Å². The molecule has 0 heterocycles. The summed E-state index contributed by atoms with van der Waals surface area (Å²) in [6, 6.07) is 0. The van der Waals surface area contributed by atoms with Gasteiger partial charge in [-0.2, -0.15) is 0 Å². The quantitative estimate of drug-likeness (QED) is 0.0638. The predicted octanol–water partition coefficient (Wildman–Crippen LogP) is -12.6. The largest absolute Gasteiger partial charge is 2.00 e. The Labute approximate surface area is 223 Å². The molecule has 0 unspecified atom stereocenters. The van der Waals surface area contributed by atoms with E-state index < -0.39 is 61.0 Å². The minimum absolute atomic E-state index is 0. The first-order valence-corrected chi connectivity index (χ1v) is 16.1. The third kappa shape index (κ3) is 77600. The van der Waals surface area contributed by atoms with Gasteiger partial charge in [-0.3, -0.25) is 0 Å². The summed E-state index contributed by atoms with van der Waals surface area (Å²) in [7, 11) is -30.7. The van der Waals surface area contributed by atoms with Crippen LogP contribution in [0, 0.1) is 0 Å². The van der Waals surface area contributed by atoms with Crippen LogP contribution < -0.4 is 10.2 Å². The molecule has 0 aliphatic rings. The van der Waals surface area contributed by atoms with Gasteiger partial charge in [-0.25, -0.2) is 24.6 Å². The van der Waals surface area contributed by atoms with E-state index in [1.165, 1.54) is 0 Å². The first-order chi connectivity index (χ1) is 13.7. The van der Waals surface area contributed by atoms with Gasteiger partial charge in [0, 0.05) is 0 Å². The molecule has 216 valence electrons. The topological polar surface area (TPSA) is 427 Å². The second kappa shape index (κ2) is 25.0. The van der Waals surface area contributed by atoms with Gasteiger partial charge < -0.3 is 101 Å². The van der Waals surface area contributed by atoms with Crippen LogP contribution in [0.2, 0.25) is 0 Å². The van der Waals surface area contributed by atoms with Crippen molar-refractivity contribution >= 4 is 98.7 Å². The van der Waals surface area contributed by atoms with Crippen LogP contribution in [0.1, 0.15) is 0 Å². The number of carbonyl (C=O) groups is 1. The predicted molar refractivity (Wildman–Crippen MR) is 92.3 cm³/mol. The molecule has 34 heteroatoms. The molecule has 21 nitrogen and oxygen atoms in total. The van der Waals surface area contributed by atoms with E-state index in [1.54, 1.807) is 0 Å². The molecule has 0 aromatic carbocycles. The zero-order chi connectivity index (χ0) is 30.6. The van der Waals surface area contributed by atoms with Gasteiger partial charge in [0.15, 0.2) is 0 Å². The summed E-state index contributed by atoms with van der Waals surface area (Å²) >= 11 is 0. The Morgan fingerprint density at radius 1 is 0.371 bits per heavy atom. The Kier molecular flexibility index (Phi) is 40.0. The number of carbonyl (C=O) groups excluding carboxylic acids is 1. The molecule has 35 heavy (non-hydrogen) atoms. The zero-order valence-corrected chi connectivity index (χ0v) is 24.0. The van der Waals surface area contributed by atoms with Crippen LogP contribution in [0.4, 0.5) is 29.4 Å².